The molecule has 1 unspecified atom stereocenters. The van der Waals surface area contributed by atoms with Crippen LogP contribution in [0.1, 0.15) is 11.5 Å². The van der Waals surface area contributed by atoms with E-state index in [4.69, 9.17) is 5.11 Å². The molecule has 1 aromatic rings. The van der Waals surface area contributed by atoms with E-state index in [0.29, 0.717) is 11.8 Å². The minimum absolute atomic E-state index is 0.241. The summed E-state index contributed by atoms with van der Waals surface area (Å²) in [5.41, 5.74) is 0.633. The van der Waals surface area contributed by atoms with Crippen LogP contribution < -0.4 is 0 Å². The molecule has 0 radical (unpaired) electrons. The number of halogens is 1. The van der Waals surface area contributed by atoms with Crippen molar-refractivity contribution in [3.63, 3.8) is 0 Å². The molecule has 1 aromatic carbocycles. The summed E-state index contributed by atoms with van der Waals surface area (Å²) in [7, 11) is 0. The van der Waals surface area contributed by atoms with Gasteiger partial charge in [-0.15, -0.1) is 0 Å². The molecule has 2 nitrogen and oxygen atoms in total. The van der Waals surface area contributed by atoms with Crippen LogP contribution in [0, 0.1) is 5.82 Å². The summed E-state index contributed by atoms with van der Waals surface area (Å²) in [5.74, 6) is -0.882. The fraction of sp³-hybridized carbons (Fsp3) is 0.222. The highest BCUT2D eigenvalue weighted by atomic mass is 19.1. The molecule has 0 aromatic heterocycles. The van der Waals surface area contributed by atoms with E-state index in [9.17, 15) is 9.18 Å². The van der Waals surface area contributed by atoms with Crippen LogP contribution in [0.25, 0.3) is 0 Å². The number of aldehydes is 1. The number of carbonyl (C=O) groups is 1. The average molecular weight is 168 g/mol. The van der Waals surface area contributed by atoms with Crippen LogP contribution in [0.4, 0.5) is 4.39 Å². The normalized spacial score (nSPS) is 12.5. The molecule has 1 N–H and O–H groups in total. The van der Waals surface area contributed by atoms with E-state index in [1.54, 1.807) is 0 Å². The predicted octanol–water partition coefficient (Wildman–Crippen LogP) is 1.10. The van der Waals surface area contributed by atoms with Crippen molar-refractivity contribution >= 4 is 6.29 Å². The lowest BCUT2D eigenvalue weighted by molar-refractivity contribution is -0.109. The summed E-state index contributed by atoms with van der Waals surface area (Å²) < 4.78 is 12.4. The van der Waals surface area contributed by atoms with Crippen molar-refractivity contribution in [1.82, 2.24) is 0 Å². The van der Waals surface area contributed by atoms with Gasteiger partial charge in [-0.3, -0.25) is 0 Å². The third-order valence-corrected chi connectivity index (χ3v) is 1.66. The molecule has 0 aliphatic heterocycles. The van der Waals surface area contributed by atoms with Gasteiger partial charge < -0.3 is 9.90 Å². The topological polar surface area (TPSA) is 37.3 Å². The molecule has 3 heteroatoms. The van der Waals surface area contributed by atoms with E-state index in [2.05, 4.69) is 0 Å². The zero-order valence-corrected chi connectivity index (χ0v) is 6.40. The van der Waals surface area contributed by atoms with Crippen molar-refractivity contribution in [2.24, 2.45) is 0 Å². The molecule has 1 atom stereocenters. The Bertz CT molecular complexity index is 256. The lowest BCUT2D eigenvalue weighted by Crippen LogP contribution is -2.04. The van der Waals surface area contributed by atoms with Crippen LogP contribution in [0.5, 0.6) is 0 Å². The molecule has 0 bridgehead atoms. The van der Waals surface area contributed by atoms with Crippen molar-refractivity contribution < 1.29 is 14.3 Å². The van der Waals surface area contributed by atoms with Crippen molar-refractivity contribution in [3.8, 4) is 0 Å². The number of rotatable bonds is 3. The lowest BCUT2D eigenvalue weighted by Gasteiger charge is -2.05. The first-order valence-corrected chi connectivity index (χ1v) is 3.59. The van der Waals surface area contributed by atoms with Gasteiger partial charge in [0, 0.05) is 0 Å². The quantitative estimate of drug-likeness (QED) is 0.686. The molecule has 0 saturated heterocycles. The summed E-state index contributed by atoms with van der Waals surface area (Å²) in [6.07, 6.45) is 0.646. The summed E-state index contributed by atoms with van der Waals surface area (Å²) in [6.45, 7) is -0.241. The maximum Gasteiger partial charge on any atom is 0.129 e. The Hall–Kier alpha value is -1.22. The number of carbonyl (C=O) groups excluding carboxylic acids is 1. The third kappa shape index (κ3) is 1.89. The van der Waals surface area contributed by atoms with Gasteiger partial charge in [0.2, 0.25) is 0 Å². The fourth-order valence-electron chi connectivity index (χ4n) is 0.937. The SMILES string of the molecule is O=CC(CO)c1ccc(F)cc1. The van der Waals surface area contributed by atoms with Crippen LogP contribution in [0.15, 0.2) is 24.3 Å². The zero-order chi connectivity index (χ0) is 8.97. The summed E-state index contributed by atoms with van der Waals surface area (Å²) >= 11 is 0. The van der Waals surface area contributed by atoms with E-state index < -0.39 is 5.92 Å². The van der Waals surface area contributed by atoms with Crippen LogP contribution in [0.3, 0.4) is 0 Å². The van der Waals surface area contributed by atoms with Crippen molar-refractivity contribution in [3.05, 3.63) is 35.6 Å². The number of benzene rings is 1. The van der Waals surface area contributed by atoms with Gasteiger partial charge in [0.05, 0.1) is 12.5 Å². The maximum absolute atomic E-state index is 12.4. The smallest absolute Gasteiger partial charge is 0.129 e. The Morgan fingerprint density at radius 3 is 2.42 bits per heavy atom. The summed E-state index contributed by atoms with van der Waals surface area (Å²) in [4.78, 5) is 10.4. The Labute approximate surface area is 69.6 Å². The van der Waals surface area contributed by atoms with E-state index in [1.807, 2.05) is 0 Å². The fourth-order valence-corrected chi connectivity index (χ4v) is 0.937. The van der Waals surface area contributed by atoms with E-state index >= 15 is 0 Å². The van der Waals surface area contributed by atoms with Crippen LogP contribution in [-0.2, 0) is 4.79 Å². The Morgan fingerprint density at radius 1 is 1.42 bits per heavy atom. The molecule has 1 rings (SSSR count). The second-order valence-electron chi connectivity index (χ2n) is 2.48. The highest BCUT2D eigenvalue weighted by Crippen LogP contribution is 2.12. The first-order chi connectivity index (χ1) is 5.77. The number of aliphatic hydroxyl groups is 1. The van der Waals surface area contributed by atoms with Gasteiger partial charge >= 0.3 is 0 Å². The third-order valence-electron chi connectivity index (χ3n) is 1.66. The lowest BCUT2D eigenvalue weighted by atomic mass is 10.0. The Kier molecular flexibility index (Phi) is 2.94. The van der Waals surface area contributed by atoms with Crippen molar-refractivity contribution in [2.75, 3.05) is 6.61 Å². The molecular weight excluding hydrogens is 159 g/mol. The van der Waals surface area contributed by atoms with Crippen LogP contribution in [0.2, 0.25) is 0 Å². The van der Waals surface area contributed by atoms with E-state index in [1.165, 1.54) is 24.3 Å². The summed E-state index contributed by atoms with van der Waals surface area (Å²) in [5, 5.41) is 8.72. The molecule has 0 aliphatic rings. The van der Waals surface area contributed by atoms with Gasteiger partial charge in [0.15, 0.2) is 0 Å². The van der Waals surface area contributed by atoms with Gasteiger partial charge in [-0.2, -0.15) is 0 Å². The minimum atomic E-state index is -0.536. The molecule has 0 amide bonds. The van der Waals surface area contributed by atoms with E-state index in [0.717, 1.165) is 0 Å². The Balaban J connectivity index is 2.87. The van der Waals surface area contributed by atoms with E-state index in [-0.39, 0.29) is 12.4 Å². The second-order valence-corrected chi connectivity index (χ2v) is 2.48. The molecule has 64 valence electrons. The number of hydrogen-bond donors (Lipinski definition) is 1. The first-order valence-electron chi connectivity index (χ1n) is 3.59. The molecule has 0 aliphatic carbocycles. The molecule has 0 saturated carbocycles. The number of hydrogen-bond acceptors (Lipinski definition) is 2. The Morgan fingerprint density at radius 2 is 2.00 bits per heavy atom. The monoisotopic (exact) mass is 168 g/mol. The largest absolute Gasteiger partial charge is 0.395 e. The van der Waals surface area contributed by atoms with Gasteiger partial charge in [0.1, 0.15) is 12.1 Å². The molecule has 0 heterocycles. The van der Waals surface area contributed by atoms with Gasteiger partial charge in [-0.25, -0.2) is 4.39 Å². The summed E-state index contributed by atoms with van der Waals surface area (Å²) in [6, 6.07) is 5.51. The zero-order valence-electron chi connectivity index (χ0n) is 6.40. The van der Waals surface area contributed by atoms with Gasteiger partial charge in [0.25, 0.3) is 0 Å². The molecule has 0 spiro atoms. The molecular formula is C9H9FO2. The van der Waals surface area contributed by atoms with Gasteiger partial charge in [-0.1, -0.05) is 12.1 Å². The standard InChI is InChI=1S/C9H9FO2/c10-9-3-1-7(2-4-9)8(5-11)6-12/h1-5,8,12H,6H2. The second kappa shape index (κ2) is 3.97. The highest BCUT2D eigenvalue weighted by Gasteiger charge is 2.07. The maximum atomic E-state index is 12.4. The molecule has 12 heavy (non-hydrogen) atoms. The highest BCUT2D eigenvalue weighted by molar-refractivity contribution is 5.62. The first kappa shape index (κ1) is 8.87. The van der Waals surface area contributed by atoms with Crippen molar-refractivity contribution in [2.45, 2.75) is 5.92 Å². The average Bonchev–Trinajstić information content (AvgIpc) is 2.10. The number of aliphatic hydroxyl groups excluding tert-OH is 1. The predicted molar refractivity (Wildman–Crippen MR) is 42.3 cm³/mol. The molecule has 0 fully saturated rings. The van der Waals surface area contributed by atoms with Gasteiger partial charge in [-0.05, 0) is 17.7 Å². The van der Waals surface area contributed by atoms with Crippen molar-refractivity contribution in [1.29, 1.82) is 0 Å². The van der Waals surface area contributed by atoms with Crippen LogP contribution >= 0.6 is 0 Å². The minimum Gasteiger partial charge on any atom is -0.395 e. The van der Waals surface area contributed by atoms with Crippen LogP contribution in [-0.4, -0.2) is 18.0 Å².